The highest BCUT2D eigenvalue weighted by atomic mass is 14.6. The van der Waals surface area contributed by atoms with E-state index in [9.17, 15) is 0 Å². The van der Waals surface area contributed by atoms with E-state index in [0.717, 1.165) is 5.52 Å². The van der Waals surface area contributed by atoms with E-state index in [1.807, 2.05) is 38.2 Å². The van der Waals surface area contributed by atoms with Gasteiger partial charge in [-0.25, -0.2) is 0 Å². The van der Waals surface area contributed by atoms with E-state index in [1.165, 1.54) is 10.9 Å². The highest BCUT2D eigenvalue weighted by molar-refractivity contribution is 5.78. The highest BCUT2D eigenvalue weighted by Gasteiger charge is 2.00. The average Bonchev–Trinajstić information content (AvgIpc) is 2.31. The van der Waals surface area contributed by atoms with Crippen LogP contribution in [0.5, 0.6) is 0 Å². The van der Waals surface area contributed by atoms with Crippen LogP contribution in [-0.2, 0) is 0 Å². The second-order valence-corrected chi connectivity index (χ2v) is 3.62. The number of para-hydroxylation sites is 1. The third-order valence-corrected chi connectivity index (χ3v) is 2.28. The van der Waals surface area contributed by atoms with Gasteiger partial charge in [0.2, 0.25) is 0 Å². The van der Waals surface area contributed by atoms with E-state index in [1.54, 1.807) is 0 Å². The minimum atomic E-state index is 0. The number of hydrogen-bond acceptors (Lipinski definition) is 1. The van der Waals surface area contributed by atoms with Gasteiger partial charge < -0.3 is 0 Å². The van der Waals surface area contributed by atoms with Gasteiger partial charge in [0.05, 0.1) is 5.52 Å². The smallest absolute Gasteiger partial charge is 0.0702 e. The third-order valence-electron chi connectivity index (χ3n) is 2.28. The van der Waals surface area contributed by atoms with Crippen molar-refractivity contribution in [1.29, 1.82) is 0 Å². The van der Waals surface area contributed by atoms with Crippen LogP contribution in [0.25, 0.3) is 10.9 Å². The van der Waals surface area contributed by atoms with Crippen molar-refractivity contribution < 1.29 is 0 Å². The standard InChI is InChI=1S/C12H13N.C2H6.CH4/c1-9(2)11-7-10-5-3-4-6-12(10)13-8-11;1-2;/h3-9H,1-2H3;1-2H3;1H4. The Morgan fingerprint density at radius 3 is 2.31 bits per heavy atom. The summed E-state index contributed by atoms with van der Waals surface area (Å²) in [6.07, 6.45) is 1.97. The van der Waals surface area contributed by atoms with Crippen LogP contribution in [-0.4, -0.2) is 4.98 Å². The minimum absolute atomic E-state index is 0. The number of benzene rings is 1. The van der Waals surface area contributed by atoms with Crippen molar-refractivity contribution >= 4 is 10.9 Å². The van der Waals surface area contributed by atoms with Crippen molar-refractivity contribution in [2.75, 3.05) is 0 Å². The molecule has 1 aromatic heterocycles. The van der Waals surface area contributed by atoms with Crippen LogP contribution >= 0.6 is 0 Å². The Morgan fingerprint density at radius 2 is 1.69 bits per heavy atom. The van der Waals surface area contributed by atoms with Crippen molar-refractivity contribution in [3.05, 3.63) is 42.1 Å². The predicted octanol–water partition coefficient (Wildman–Crippen LogP) is 5.02. The van der Waals surface area contributed by atoms with Gasteiger partial charge in [0, 0.05) is 11.6 Å². The molecule has 0 aliphatic rings. The van der Waals surface area contributed by atoms with E-state index >= 15 is 0 Å². The van der Waals surface area contributed by atoms with Crippen molar-refractivity contribution in [2.45, 2.75) is 41.0 Å². The first-order valence-electron chi connectivity index (χ1n) is 5.62. The molecule has 0 amide bonds. The summed E-state index contributed by atoms with van der Waals surface area (Å²) in [5, 5.41) is 1.23. The molecule has 0 N–H and O–H groups in total. The van der Waals surface area contributed by atoms with Crippen LogP contribution in [0.1, 0.15) is 46.6 Å². The zero-order chi connectivity index (χ0) is 11.3. The van der Waals surface area contributed by atoms with Crippen LogP contribution in [0, 0.1) is 0 Å². The van der Waals surface area contributed by atoms with Gasteiger partial charge in [-0.3, -0.25) is 4.98 Å². The number of hydrogen-bond donors (Lipinski definition) is 0. The van der Waals surface area contributed by atoms with E-state index < -0.39 is 0 Å². The summed E-state index contributed by atoms with van der Waals surface area (Å²) in [4.78, 5) is 4.40. The van der Waals surface area contributed by atoms with Gasteiger partial charge in [-0.05, 0) is 23.6 Å². The Kier molecular flexibility index (Phi) is 6.40. The molecule has 0 saturated heterocycles. The van der Waals surface area contributed by atoms with Gasteiger partial charge in [0.1, 0.15) is 0 Å². The van der Waals surface area contributed by atoms with E-state index in [-0.39, 0.29) is 7.43 Å². The number of rotatable bonds is 1. The van der Waals surface area contributed by atoms with Crippen LogP contribution in [0.3, 0.4) is 0 Å². The fourth-order valence-corrected chi connectivity index (χ4v) is 1.40. The first kappa shape index (κ1) is 14.6. The maximum absolute atomic E-state index is 4.40. The molecule has 0 fully saturated rings. The lowest BCUT2D eigenvalue weighted by atomic mass is 10.0. The SMILES string of the molecule is C.CC.CC(C)c1cnc2ccccc2c1. The fourth-order valence-electron chi connectivity index (χ4n) is 1.40. The van der Waals surface area contributed by atoms with Crippen molar-refractivity contribution in [2.24, 2.45) is 0 Å². The largest absolute Gasteiger partial charge is 0.256 e. The van der Waals surface area contributed by atoms with Gasteiger partial charge in [-0.1, -0.05) is 53.3 Å². The van der Waals surface area contributed by atoms with E-state index in [4.69, 9.17) is 0 Å². The number of aromatic nitrogens is 1. The number of nitrogens with zero attached hydrogens (tertiary/aromatic N) is 1. The van der Waals surface area contributed by atoms with Gasteiger partial charge in [0.15, 0.2) is 0 Å². The second-order valence-electron chi connectivity index (χ2n) is 3.62. The first-order valence-corrected chi connectivity index (χ1v) is 5.62. The van der Waals surface area contributed by atoms with Gasteiger partial charge >= 0.3 is 0 Å². The Balaban J connectivity index is 0.000000711. The zero-order valence-corrected chi connectivity index (χ0v) is 9.99. The highest BCUT2D eigenvalue weighted by Crippen LogP contribution is 2.18. The lowest BCUT2D eigenvalue weighted by Gasteiger charge is -2.05. The molecular weight excluding hydrogens is 194 g/mol. The lowest BCUT2D eigenvalue weighted by Crippen LogP contribution is -1.88. The Morgan fingerprint density at radius 1 is 1.06 bits per heavy atom. The Hall–Kier alpha value is -1.37. The summed E-state index contributed by atoms with van der Waals surface area (Å²) in [7, 11) is 0. The van der Waals surface area contributed by atoms with Crippen LogP contribution in [0.4, 0.5) is 0 Å². The van der Waals surface area contributed by atoms with Crippen molar-refractivity contribution in [3.8, 4) is 0 Å². The van der Waals surface area contributed by atoms with Crippen LogP contribution < -0.4 is 0 Å². The second kappa shape index (κ2) is 7.00. The summed E-state index contributed by atoms with van der Waals surface area (Å²) in [5.74, 6) is 0.553. The van der Waals surface area contributed by atoms with Crippen molar-refractivity contribution in [3.63, 3.8) is 0 Å². The molecule has 0 radical (unpaired) electrons. The first-order chi connectivity index (χ1) is 7.27. The van der Waals surface area contributed by atoms with E-state index in [0.29, 0.717) is 5.92 Å². The molecule has 2 rings (SSSR count). The van der Waals surface area contributed by atoms with Crippen LogP contribution in [0.2, 0.25) is 0 Å². The van der Waals surface area contributed by atoms with Crippen molar-refractivity contribution in [1.82, 2.24) is 4.98 Å². The molecule has 1 heterocycles. The normalized spacial score (nSPS) is 9.31. The molecule has 16 heavy (non-hydrogen) atoms. The molecule has 0 spiro atoms. The third kappa shape index (κ3) is 3.34. The monoisotopic (exact) mass is 217 g/mol. The molecule has 0 unspecified atom stereocenters. The molecule has 1 aromatic carbocycles. The van der Waals surface area contributed by atoms with E-state index in [2.05, 4.69) is 31.0 Å². The van der Waals surface area contributed by atoms with Gasteiger partial charge in [0.25, 0.3) is 0 Å². The molecule has 0 aliphatic heterocycles. The average molecular weight is 217 g/mol. The zero-order valence-electron chi connectivity index (χ0n) is 9.99. The fraction of sp³-hybridized carbons (Fsp3) is 0.400. The lowest BCUT2D eigenvalue weighted by molar-refractivity contribution is 0.862. The van der Waals surface area contributed by atoms with Gasteiger partial charge in [-0.15, -0.1) is 0 Å². The Bertz CT molecular complexity index is 418. The molecule has 1 heteroatoms. The maximum Gasteiger partial charge on any atom is 0.0702 e. The topological polar surface area (TPSA) is 12.9 Å². The molecule has 1 nitrogen and oxygen atoms in total. The molecule has 0 atom stereocenters. The minimum Gasteiger partial charge on any atom is -0.256 e. The quantitative estimate of drug-likeness (QED) is 0.653. The molecule has 88 valence electrons. The number of fused-ring (bicyclic) bond motifs is 1. The summed E-state index contributed by atoms with van der Waals surface area (Å²) >= 11 is 0. The molecule has 0 aliphatic carbocycles. The summed E-state index contributed by atoms with van der Waals surface area (Å²) in [6, 6.07) is 10.4. The Labute approximate surface area is 99.5 Å². The molecular formula is C15H23N. The predicted molar refractivity (Wildman–Crippen MR) is 73.9 cm³/mol. The summed E-state index contributed by atoms with van der Waals surface area (Å²) in [5.41, 5.74) is 2.38. The maximum atomic E-state index is 4.40. The molecule has 0 saturated carbocycles. The summed E-state index contributed by atoms with van der Waals surface area (Å²) < 4.78 is 0. The van der Waals surface area contributed by atoms with Crippen LogP contribution in [0.15, 0.2) is 36.5 Å². The summed E-state index contributed by atoms with van der Waals surface area (Å²) in [6.45, 7) is 8.37. The molecule has 2 aromatic rings. The number of pyridine rings is 1. The molecule has 0 bridgehead atoms. The van der Waals surface area contributed by atoms with Gasteiger partial charge in [-0.2, -0.15) is 0 Å².